The van der Waals surface area contributed by atoms with E-state index in [9.17, 15) is 14.3 Å². The van der Waals surface area contributed by atoms with Crippen molar-refractivity contribution in [2.24, 2.45) is 5.92 Å². The standard InChI is InChI=1S/C20H25FN4O3/c1-20(2,27)16-10-13(8-9-22-16)17-15(21)11-23-19(25-17)24-14-6-4-12(5-7-14)18(26)28-3/h8-12,14,27H,4-7H2,1-3H3,(H,23,24,25)/t12-,14-. The number of anilines is 1. The number of nitrogens with zero attached hydrogens (tertiary/aromatic N) is 3. The zero-order valence-corrected chi connectivity index (χ0v) is 16.3. The molecule has 0 aliphatic heterocycles. The minimum Gasteiger partial charge on any atom is -0.469 e. The molecule has 150 valence electrons. The fourth-order valence-corrected chi connectivity index (χ4v) is 3.37. The number of pyridine rings is 1. The van der Waals surface area contributed by atoms with E-state index >= 15 is 0 Å². The fourth-order valence-electron chi connectivity index (χ4n) is 3.37. The highest BCUT2D eigenvalue weighted by atomic mass is 19.1. The lowest BCUT2D eigenvalue weighted by Gasteiger charge is -2.27. The lowest BCUT2D eigenvalue weighted by Crippen LogP contribution is -2.30. The largest absolute Gasteiger partial charge is 0.469 e. The maximum atomic E-state index is 14.4. The van der Waals surface area contributed by atoms with Gasteiger partial charge in [-0.1, -0.05) is 0 Å². The van der Waals surface area contributed by atoms with Gasteiger partial charge in [0, 0.05) is 17.8 Å². The van der Waals surface area contributed by atoms with Gasteiger partial charge in [-0.2, -0.15) is 0 Å². The van der Waals surface area contributed by atoms with Crippen LogP contribution < -0.4 is 5.32 Å². The summed E-state index contributed by atoms with van der Waals surface area (Å²) < 4.78 is 19.2. The van der Waals surface area contributed by atoms with Crippen LogP contribution in [0.4, 0.5) is 10.3 Å². The van der Waals surface area contributed by atoms with Gasteiger partial charge in [0.1, 0.15) is 11.3 Å². The molecule has 1 fully saturated rings. The molecule has 0 unspecified atom stereocenters. The van der Waals surface area contributed by atoms with Crippen molar-refractivity contribution in [3.05, 3.63) is 36.0 Å². The Hall–Kier alpha value is -2.61. The summed E-state index contributed by atoms with van der Waals surface area (Å²) in [6, 6.07) is 3.38. The molecule has 0 radical (unpaired) electrons. The maximum Gasteiger partial charge on any atom is 0.308 e. The second kappa shape index (κ2) is 8.18. The molecule has 1 saturated carbocycles. The molecule has 1 aliphatic rings. The van der Waals surface area contributed by atoms with Crippen molar-refractivity contribution in [1.29, 1.82) is 0 Å². The molecule has 0 bridgehead atoms. The maximum absolute atomic E-state index is 14.4. The van der Waals surface area contributed by atoms with E-state index in [1.165, 1.54) is 13.3 Å². The number of aliphatic hydroxyl groups is 1. The molecule has 2 N–H and O–H groups in total. The number of carbonyl (C=O) groups is 1. The summed E-state index contributed by atoms with van der Waals surface area (Å²) in [4.78, 5) is 24.2. The molecule has 0 atom stereocenters. The number of aromatic nitrogens is 3. The first-order chi connectivity index (χ1) is 13.3. The summed E-state index contributed by atoms with van der Waals surface area (Å²) in [6.45, 7) is 3.24. The van der Waals surface area contributed by atoms with Crippen LogP contribution in [0.15, 0.2) is 24.5 Å². The van der Waals surface area contributed by atoms with E-state index < -0.39 is 11.4 Å². The molecular formula is C20H25FN4O3. The fraction of sp³-hybridized carbons (Fsp3) is 0.500. The molecule has 3 rings (SSSR count). The zero-order chi connectivity index (χ0) is 20.3. The Bertz CT molecular complexity index is 846. The lowest BCUT2D eigenvalue weighted by atomic mass is 9.86. The third-order valence-electron chi connectivity index (χ3n) is 5.00. The number of methoxy groups -OCH3 is 1. The second-order valence-corrected chi connectivity index (χ2v) is 7.59. The molecule has 2 aromatic rings. The van der Waals surface area contributed by atoms with Crippen LogP contribution in [-0.2, 0) is 15.1 Å². The van der Waals surface area contributed by atoms with Gasteiger partial charge in [0.2, 0.25) is 5.95 Å². The Balaban J connectivity index is 1.75. The molecule has 0 amide bonds. The number of halogens is 1. The lowest BCUT2D eigenvalue weighted by molar-refractivity contribution is -0.146. The molecular weight excluding hydrogens is 363 g/mol. The van der Waals surface area contributed by atoms with Crippen molar-refractivity contribution in [2.75, 3.05) is 12.4 Å². The number of hydrogen-bond acceptors (Lipinski definition) is 7. The molecule has 0 saturated heterocycles. The third kappa shape index (κ3) is 4.62. The van der Waals surface area contributed by atoms with Gasteiger partial charge >= 0.3 is 5.97 Å². The van der Waals surface area contributed by atoms with Gasteiger partial charge in [-0.25, -0.2) is 14.4 Å². The summed E-state index contributed by atoms with van der Waals surface area (Å²) >= 11 is 0. The summed E-state index contributed by atoms with van der Waals surface area (Å²) in [5.74, 6) is -0.448. The van der Waals surface area contributed by atoms with Crippen LogP contribution in [0.5, 0.6) is 0 Å². The molecule has 28 heavy (non-hydrogen) atoms. The van der Waals surface area contributed by atoms with Crippen LogP contribution in [0, 0.1) is 11.7 Å². The average Bonchev–Trinajstić information content (AvgIpc) is 2.69. The molecule has 0 aromatic carbocycles. The Morgan fingerprint density at radius 1 is 1.29 bits per heavy atom. The van der Waals surface area contributed by atoms with Gasteiger partial charge in [0.05, 0.1) is 24.9 Å². The number of nitrogens with one attached hydrogen (secondary N) is 1. The summed E-state index contributed by atoms with van der Waals surface area (Å²) in [7, 11) is 1.41. The van der Waals surface area contributed by atoms with Crippen molar-refractivity contribution in [1.82, 2.24) is 15.0 Å². The van der Waals surface area contributed by atoms with E-state index in [4.69, 9.17) is 4.74 Å². The van der Waals surface area contributed by atoms with E-state index in [1.807, 2.05) is 0 Å². The average molecular weight is 388 g/mol. The molecule has 1 aliphatic carbocycles. The number of rotatable bonds is 5. The SMILES string of the molecule is COC(=O)[C@H]1CC[C@H](Nc2ncc(F)c(-c3ccnc(C(C)(C)O)c3)n2)CC1. The van der Waals surface area contributed by atoms with Crippen LogP contribution in [0.25, 0.3) is 11.3 Å². The number of esters is 1. The normalized spacial score (nSPS) is 19.9. The number of ether oxygens (including phenoxy) is 1. The minimum atomic E-state index is -1.14. The summed E-state index contributed by atoms with van der Waals surface area (Å²) in [6.07, 6.45) is 5.69. The van der Waals surface area contributed by atoms with Crippen molar-refractivity contribution in [3.8, 4) is 11.3 Å². The van der Waals surface area contributed by atoms with Crippen molar-refractivity contribution >= 4 is 11.9 Å². The molecule has 2 aromatic heterocycles. The minimum absolute atomic E-state index is 0.0650. The van der Waals surface area contributed by atoms with Crippen LogP contribution in [0.2, 0.25) is 0 Å². The van der Waals surface area contributed by atoms with E-state index in [-0.39, 0.29) is 23.6 Å². The molecule has 0 spiro atoms. The van der Waals surface area contributed by atoms with Crippen LogP contribution in [0.1, 0.15) is 45.2 Å². The Kier molecular flexibility index (Phi) is 5.88. The van der Waals surface area contributed by atoms with Gasteiger partial charge in [0.25, 0.3) is 0 Å². The highest BCUT2D eigenvalue weighted by Crippen LogP contribution is 2.28. The summed E-state index contributed by atoms with van der Waals surface area (Å²) in [5, 5.41) is 13.4. The topological polar surface area (TPSA) is 97.2 Å². The summed E-state index contributed by atoms with van der Waals surface area (Å²) in [5.41, 5.74) is -0.0458. The van der Waals surface area contributed by atoms with Gasteiger partial charge in [-0.3, -0.25) is 9.78 Å². The van der Waals surface area contributed by atoms with Gasteiger partial charge in [-0.05, 0) is 51.7 Å². The Morgan fingerprint density at radius 3 is 2.64 bits per heavy atom. The highest BCUT2D eigenvalue weighted by Gasteiger charge is 2.27. The smallest absolute Gasteiger partial charge is 0.308 e. The van der Waals surface area contributed by atoms with Gasteiger partial charge in [0.15, 0.2) is 5.82 Å². The van der Waals surface area contributed by atoms with Crippen molar-refractivity contribution in [2.45, 2.75) is 51.2 Å². The highest BCUT2D eigenvalue weighted by molar-refractivity contribution is 5.72. The third-order valence-corrected chi connectivity index (χ3v) is 5.00. The number of carbonyl (C=O) groups excluding carboxylic acids is 1. The first kappa shape index (κ1) is 20.1. The van der Waals surface area contributed by atoms with Crippen molar-refractivity contribution in [3.63, 3.8) is 0 Å². The first-order valence-corrected chi connectivity index (χ1v) is 9.34. The van der Waals surface area contributed by atoms with E-state index in [0.717, 1.165) is 31.9 Å². The van der Waals surface area contributed by atoms with Crippen LogP contribution in [0.3, 0.4) is 0 Å². The van der Waals surface area contributed by atoms with Crippen LogP contribution >= 0.6 is 0 Å². The predicted molar refractivity (Wildman–Crippen MR) is 102 cm³/mol. The quantitative estimate of drug-likeness (QED) is 0.760. The van der Waals surface area contributed by atoms with Gasteiger partial charge in [-0.15, -0.1) is 0 Å². The Labute approximate surface area is 163 Å². The molecule has 2 heterocycles. The van der Waals surface area contributed by atoms with E-state index in [1.54, 1.807) is 26.0 Å². The Morgan fingerprint density at radius 2 is 2.00 bits per heavy atom. The van der Waals surface area contributed by atoms with Gasteiger partial charge < -0.3 is 15.2 Å². The van der Waals surface area contributed by atoms with Crippen molar-refractivity contribution < 1.29 is 19.0 Å². The van der Waals surface area contributed by atoms with Crippen LogP contribution in [-0.4, -0.2) is 39.2 Å². The second-order valence-electron chi connectivity index (χ2n) is 7.59. The molecule has 7 nitrogen and oxygen atoms in total. The predicted octanol–water partition coefficient (Wildman–Crippen LogP) is 3.05. The first-order valence-electron chi connectivity index (χ1n) is 9.34. The number of hydrogen-bond donors (Lipinski definition) is 2. The van der Waals surface area contributed by atoms with E-state index in [0.29, 0.717) is 17.2 Å². The monoisotopic (exact) mass is 388 g/mol. The molecule has 8 heteroatoms. The van der Waals surface area contributed by atoms with E-state index in [2.05, 4.69) is 20.3 Å². The zero-order valence-electron chi connectivity index (χ0n) is 16.3.